The minimum absolute atomic E-state index is 0.250. The van der Waals surface area contributed by atoms with Crippen molar-refractivity contribution < 1.29 is 8.42 Å². The topological polar surface area (TPSA) is 46.5 Å². The summed E-state index contributed by atoms with van der Waals surface area (Å²) in [6, 6.07) is 3.74. The van der Waals surface area contributed by atoms with Crippen LogP contribution in [0.1, 0.15) is 37.5 Å². The van der Waals surface area contributed by atoms with Crippen LogP contribution >= 0.6 is 0 Å². The summed E-state index contributed by atoms with van der Waals surface area (Å²) in [5.41, 5.74) is 2.31. The van der Waals surface area contributed by atoms with Gasteiger partial charge in [-0.3, -0.25) is 0 Å². The quantitative estimate of drug-likeness (QED) is 0.771. The van der Waals surface area contributed by atoms with Crippen LogP contribution in [0.5, 0.6) is 0 Å². The fourth-order valence-electron chi connectivity index (χ4n) is 1.85. The molecule has 0 radical (unpaired) electrons. The molecular formula is C14H21NO2S. The predicted octanol–water partition coefficient (Wildman–Crippen LogP) is 3.42. The molecule has 0 heterocycles. The molecule has 0 bridgehead atoms. The van der Waals surface area contributed by atoms with E-state index < -0.39 is 10.0 Å². The van der Waals surface area contributed by atoms with Gasteiger partial charge in [-0.15, -0.1) is 0 Å². The Morgan fingerprint density at radius 1 is 1.06 bits per heavy atom. The molecule has 0 N–H and O–H groups in total. The lowest BCUT2D eigenvalue weighted by atomic mass is 10.00. The summed E-state index contributed by atoms with van der Waals surface area (Å²) in [5.74, 6) is 0. The number of nitrogens with zero attached hydrogens (tertiary/aromatic N) is 1. The van der Waals surface area contributed by atoms with Crippen LogP contribution in [-0.2, 0) is 10.0 Å². The molecule has 0 unspecified atom stereocenters. The Kier molecular flexibility index (Phi) is 4.01. The first kappa shape index (κ1) is 14.9. The van der Waals surface area contributed by atoms with Crippen molar-refractivity contribution >= 4 is 16.2 Å². The van der Waals surface area contributed by atoms with E-state index in [9.17, 15) is 8.42 Å². The Morgan fingerprint density at radius 3 is 1.89 bits per heavy atom. The highest BCUT2D eigenvalue weighted by molar-refractivity contribution is 7.90. The zero-order valence-electron chi connectivity index (χ0n) is 11.9. The molecule has 0 aliphatic carbocycles. The molecule has 0 saturated heterocycles. The van der Waals surface area contributed by atoms with Gasteiger partial charge in [0.15, 0.2) is 0 Å². The SMILES string of the molecule is Cc1cc(C)c(S(=O)(=O)N=CC(C)(C)C)c(C)c1. The molecule has 0 aliphatic rings. The maximum atomic E-state index is 12.2. The van der Waals surface area contributed by atoms with Gasteiger partial charge in [0, 0.05) is 6.21 Å². The van der Waals surface area contributed by atoms with Crippen molar-refractivity contribution in [1.29, 1.82) is 0 Å². The van der Waals surface area contributed by atoms with E-state index >= 15 is 0 Å². The molecule has 3 nitrogen and oxygen atoms in total. The van der Waals surface area contributed by atoms with Gasteiger partial charge in [0.05, 0.1) is 4.90 Å². The van der Waals surface area contributed by atoms with Gasteiger partial charge in [-0.2, -0.15) is 12.8 Å². The van der Waals surface area contributed by atoms with Gasteiger partial charge in [-0.05, 0) is 37.3 Å². The maximum absolute atomic E-state index is 12.2. The lowest BCUT2D eigenvalue weighted by Crippen LogP contribution is -2.10. The molecule has 1 aromatic carbocycles. The summed E-state index contributed by atoms with van der Waals surface area (Å²) in [4.78, 5) is 0.327. The average molecular weight is 267 g/mol. The number of aryl methyl sites for hydroxylation is 3. The molecule has 0 aliphatic heterocycles. The third-order valence-corrected chi connectivity index (χ3v) is 3.98. The normalized spacial score (nSPS) is 13.2. The summed E-state index contributed by atoms with van der Waals surface area (Å²) in [6.45, 7) is 11.3. The first-order valence-corrected chi connectivity index (χ1v) is 7.36. The van der Waals surface area contributed by atoms with Crippen molar-refractivity contribution in [2.24, 2.45) is 9.81 Å². The lowest BCUT2D eigenvalue weighted by molar-refractivity contribution is 0.589. The van der Waals surface area contributed by atoms with Crippen LogP contribution in [-0.4, -0.2) is 14.6 Å². The van der Waals surface area contributed by atoms with E-state index in [0.29, 0.717) is 4.90 Å². The molecule has 0 aromatic heterocycles. The summed E-state index contributed by atoms with van der Waals surface area (Å²) in [7, 11) is -3.60. The molecule has 1 aromatic rings. The third kappa shape index (κ3) is 3.67. The Morgan fingerprint density at radius 2 is 1.50 bits per heavy atom. The Bertz CT molecular complexity index is 555. The van der Waals surface area contributed by atoms with Crippen LogP contribution in [0.4, 0.5) is 0 Å². The predicted molar refractivity (Wildman–Crippen MR) is 75.8 cm³/mol. The molecule has 0 atom stereocenters. The van der Waals surface area contributed by atoms with Gasteiger partial charge >= 0.3 is 0 Å². The number of rotatable bonds is 2. The fraction of sp³-hybridized carbons (Fsp3) is 0.500. The van der Waals surface area contributed by atoms with Crippen LogP contribution in [0.25, 0.3) is 0 Å². The van der Waals surface area contributed by atoms with Gasteiger partial charge < -0.3 is 0 Å². The van der Waals surface area contributed by atoms with Gasteiger partial charge in [-0.1, -0.05) is 38.5 Å². The monoisotopic (exact) mass is 267 g/mol. The van der Waals surface area contributed by atoms with Gasteiger partial charge in [-0.25, -0.2) is 0 Å². The zero-order valence-corrected chi connectivity index (χ0v) is 12.7. The largest absolute Gasteiger partial charge is 0.282 e. The maximum Gasteiger partial charge on any atom is 0.282 e. The smallest absolute Gasteiger partial charge is 0.199 e. The third-order valence-electron chi connectivity index (χ3n) is 2.44. The van der Waals surface area contributed by atoms with E-state index in [2.05, 4.69) is 4.40 Å². The second-order valence-corrected chi connectivity index (χ2v) is 7.37. The standard InChI is InChI=1S/C14H21NO2S/c1-10-7-11(2)13(12(3)8-10)18(16,17)15-9-14(4,5)6/h7-9H,1-6H3. The highest BCUT2D eigenvalue weighted by Crippen LogP contribution is 2.24. The first-order valence-electron chi connectivity index (χ1n) is 5.92. The second-order valence-electron chi connectivity index (χ2n) is 5.80. The molecule has 18 heavy (non-hydrogen) atoms. The van der Waals surface area contributed by atoms with Crippen LogP contribution in [0, 0.1) is 26.2 Å². The Hall–Kier alpha value is -1.16. The Labute approximate surface area is 110 Å². The van der Waals surface area contributed by atoms with Crippen LogP contribution in [0.2, 0.25) is 0 Å². The van der Waals surface area contributed by atoms with Crippen LogP contribution in [0.15, 0.2) is 21.4 Å². The fourth-order valence-corrected chi connectivity index (χ4v) is 3.35. The summed E-state index contributed by atoms with van der Waals surface area (Å²) >= 11 is 0. The van der Waals surface area contributed by atoms with E-state index in [1.54, 1.807) is 13.8 Å². The Balaban J connectivity index is 3.35. The summed E-state index contributed by atoms with van der Waals surface area (Å²) < 4.78 is 28.3. The minimum atomic E-state index is -3.60. The highest BCUT2D eigenvalue weighted by Gasteiger charge is 2.19. The first-order chi connectivity index (χ1) is 8.03. The average Bonchev–Trinajstić information content (AvgIpc) is 2.11. The zero-order chi connectivity index (χ0) is 14.1. The van der Waals surface area contributed by atoms with Crippen molar-refractivity contribution in [1.82, 2.24) is 0 Å². The van der Waals surface area contributed by atoms with Crippen molar-refractivity contribution in [2.45, 2.75) is 46.4 Å². The highest BCUT2D eigenvalue weighted by atomic mass is 32.2. The molecular weight excluding hydrogens is 246 g/mol. The van der Waals surface area contributed by atoms with Crippen molar-refractivity contribution in [3.63, 3.8) is 0 Å². The van der Waals surface area contributed by atoms with Crippen LogP contribution in [0.3, 0.4) is 0 Å². The second kappa shape index (κ2) is 4.84. The van der Waals surface area contributed by atoms with Crippen molar-refractivity contribution in [2.75, 3.05) is 0 Å². The minimum Gasteiger partial charge on any atom is -0.199 e. The molecule has 0 fully saturated rings. The molecule has 100 valence electrons. The molecule has 0 amide bonds. The van der Waals surface area contributed by atoms with E-state index in [1.165, 1.54) is 6.21 Å². The van der Waals surface area contributed by atoms with E-state index in [1.807, 2.05) is 39.8 Å². The van der Waals surface area contributed by atoms with E-state index in [4.69, 9.17) is 0 Å². The number of hydrogen-bond acceptors (Lipinski definition) is 2. The lowest BCUT2D eigenvalue weighted by Gasteiger charge is -2.12. The summed E-state index contributed by atoms with van der Waals surface area (Å²) in [5, 5.41) is 0. The van der Waals surface area contributed by atoms with Gasteiger partial charge in [0.1, 0.15) is 0 Å². The number of hydrogen-bond donors (Lipinski definition) is 0. The van der Waals surface area contributed by atoms with Crippen molar-refractivity contribution in [3.8, 4) is 0 Å². The van der Waals surface area contributed by atoms with Gasteiger partial charge in [0.25, 0.3) is 10.0 Å². The molecule has 1 rings (SSSR count). The van der Waals surface area contributed by atoms with E-state index in [0.717, 1.165) is 16.7 Å². The van der Waals surface area contributed by atoms with Crippen molar-refractivity contribution in [3.05, 3.63) is 28.8 Å². The number of benzene rings is 1. The summed E-state index contributed by atoms with van der Waals surface area (Å²) in [6.07, 6.45) is 1.49. The van der Waals surface area contributed by atoms with Crippen LogP contribution < -0.4 is 0 Å². The molecule has 0 saturated carbocycles. The number of sulfonamides is 1. The van der Waals surface area contributed by atoms with Gasteiger partial charge in [0.2, 0.25) is 0 Å². The molecule has 0 spiro atoms. The molecule has 4 heteroatoms. The van der Waals surface area contributed by atoms with E-state index in [-0.39, 0.29) is 5.41 Å².